The Morgan fingerprint density at radius 2 is 2.30 bits per heavy atom. The highest BCUT2D eigenvalue weighted by atomic mass is 16.6. The van der Waals surface area contributed by atoms with Crippen molar-refractivity contribution in [3.8, 4) is 0 Å². The zero-order valence-corrected chi connectivity index (χ0v) is 12.2. The van der Waals surface area contributed by atoms with Gasteiger partial charge < -0.3 is 10.2 Å². The first-order valence-electron chi connectivity index (χ1n) is 7.06. The molecule has 1 N–H and O–H groups in total. The summed E-state index contributed by atoms with van der Waals surface area (Å²) in [6.07, 6.45) is 3.48. The number of nitrogens with one attached hydrogen (secondary N) is 1. The van der Waals surface area contributed by atoms with Crippen LogP contribution in [0.5, 0.6) is 0 Å². The Labute approximate surface area is 118 Å². The van der Waals surface area contributed by atoms with Crippen LogP contribution in [-0.4, -0.2) is 34.0 Å². The molecule has 1 aromatic rings. The van der Waals surface area contributed by atoms with Crippen molar-refractivity contribution < 1.29 is 4.92 Å². The Kier molecular flexibility index (Phi) is 4.36. The second kappa shape index (κ2) is 6.02. The van der Waals surface area contributed by atoms with Crippen LogP contribution in [0, 0.1) is 16.0 Å². The number of rotatable bonds is 4. The standard InChI is InChI=1S/C13H21N5O2/c1-4-14-13-15-8-11(18(19)20)12(16-13)17-7-5-6-9(2)10(17)3/h8-10H,4-7H2,1-3H3,(H,14,15,16). The fourth-order valence-corrected chi connectivity index (χ4v) is 2.58. The number of aromatic nitrogens is 2. The van der Waals surface area contributed by atoms with Crippen LogP contribution in [0.25, 0.3) is 0 Å². The van der Waals surface area contributed by atoms with E-state index in [1.807, 2.05) is 11.8 Å². The summed E-state index contributed by atoms with van der Waals surface area (Å²) in [6.45, 7) is 7.70. The third kappa shape index (κ3) is 2.81. The summed E-state index contributed by atoms with van der Waals surface area (Å²) in [5.41, 5.74) is -0.0207. The second-order valence-corrected chi connectivity index (χ2v) is 5.24. The Balaban J connectivity index is 2.40. The van der Waals surface area contributed by atoms with Crippen LogP contribution < -0.4 is 10.2 Å². The summed E-state index contributed by atoms with van der Waals surface area (Å²) in [6, 6.07) is 0.242. The van der Waals surface area contributed by atoms with Crippen LogP contribution in [-0.2, 0) is 0 Å². The van der Waals surface area contributed by atoms with E-state index in [1.54, 1.807) is 0 Å². The Bertz CT molecular complexity index is 494. The molecule has 2 rings (SSSR count). The third-order valence-electron chi connectivity index (χ3n) is 3.93. The van der Waals surface area contributed by atoms with Gasteiger partial charge >= 0.3 is 5.69 Å². The first kappa shape index (κ1) is 14.5. The largest absolute Gasteiger partial charge is 0.354 e. The molecule has 1 aromatic heterocycles. The third-order valence-corrected chi connectivity index (χ3v) is 3.93. The average Bonchev–Trinajstić information content (AvgIpc) is 2.42. The molecule has 20 heavy (non-hydrogen) atoms. The van der Waals surface area contributed by atoms with Gasteiger partial charge in [0.15, 0.2) is 0 Å². The van der Waals surface area contributed by atoms with E-state index in [1.165, 1.54) is 6.20 Å². The number of piperidine rings is 1. The maximum atomic E-state index is 11.2. The molecule has 2 atom stereocenters. The van der Waals surface area contributed by atoms with Gasteiger partial charge in [0.25, 0.3) is 0 Å². The zero-order valence-electron chi connectivity index (χ0n) is 12.2. The molecule has 0 bridgehead atoms. The summed E-state index contributed by atoms with van der Waals surface area (Å²) >= 11 is 0. The van der Waals surface area contributed by atoms with Crippen LogP contribution in [0.4, 0.5) is 17.5 Å². The van der Waals surface area contributed by atoms with Crippen molar-refractivity contribution in [1.29, 1.82) is 0 Å². The maximum Gasteiger partial charge on any atom is 0.329 e. The Morgan fingerprint density at radius 3 is 2.95 bits per heavy atom. The van der Waals surface area contributed by atoms with E-state index in [2.05, 4.69) is 29.1 Å². The van der Waals surface area contributed by atoms with E-state index in [4.69, 9.17) is 0 Å². The predicted molar refractivity (Wildman–Crippen MR) is 78.1 cm³/mol. The Hall–Kier alpha value is -1.92. The van der Waals surface area contributed by atoms with Crippen molar-refractivity contribution in [3.63, 3.8) is 0 Å². The molecule has 7 heteroatoms. The van der Waals surface area contributed by atoms with Crippen molar-refractivity contribution in [2.24, 2.45) is 5.92 Å². The SMILES string of the molecule is CCNc1ncc([N+](=O)[O-])c(N2CCCC(C)C2C)n1. The molecule has 1 fully saturated rings. The molecule has 0 spiro atoms. The van der Waals surface area contributed by atoms with Crippen molar-refractivity contribution in [2.75, 3.05) is 23.3 Å². The molecule has 0 aromatic carbocycles. The molecule has 0 radical (unpaired) electrons. The molecule has 110 valence electrons. The topological polar surface area (TPSA) is 84.2 Å². The van der Waals surface area contributed by atoms with Gasteiger partial charge in [0.1, 0.15) is 6.20 Å². The number of anilines is 2. The van der Waals surface area contributed by atoms with Crippen LogP contribution in [0.2, 0.25) is 0 Å². The van der Waals surface area contributed by atoms with Crippen molar-refractivity contribution in [2.45, 2.75) is 39.7 Å². The first-order valence-corrected chi connectivity index (χ1v) is 7.06. The van der Waals surface area contributed by atoms with E-state index in [9.17, 15) is 10.1 Å². The minimum Gasteiger partial charge on any atom is -0.354 e. The van der Waals surface area contributed by atoms with E-state index in [0.717, 1.165) is 19.4 Å². The van der Waals surface area contributed by atoms with Gasteiger partial charge in [-0.1, -0.05) is 6.92 Å². The summed E-state index contributed by atoms with van der Waals surface area (Å²) in [4.78, 5) is 21.2. The Morgan fingerprint density at radius 1 is 1.55 bits per heavy atom. The summed E-state index contributed by atoms with van der Waals surface area (Å²) in [5, 5.41) is 14.2. The minimum atomic E-state index is -0.406. The minimum absolute atomic E-state index is 0.0207. The van der Waals surface area contributed by atoms with Gasteiger partial charge in [0.05, 0.1) is 4.92 Å². The highest BCUT2D eigenvalue weighted by Crippen LogP contribution is 2.33. The fraction of sp³-hybridized carbons (Fsp3) is 0.692. The molecular weight excluding hydrogens is 258 g/mol. The van der Waals surface area contributed by atoms with Crippen LogP contribution in [0.15, 0.2) is 6.20 Å². The van der Waals surface area contributed by atoms with Gasteiger partial charge in [-0.15, -0.1) is 0 Å². The summed E-state index contributed by atoms with van der Waals surface area (Å²) < 4.78 is 0. The van der Waals surface area contributed by atoms with Gasteiger partial charge in [0, 0.05) is 19.1 Å². The molecule has 2 unspecified atom stereocenters. The quantitative estimate of drug-likeness (QED) is 0.673. The highest BCUT2D eigenvalue weighted by Gasteiger charge is 2.31. The van der Waals surface area contributed by atoms with Gasteiger partial charge in [-0.25, -0.2) is 4.98 Å². The molecule has 2 heterocycles. The molecule has 1 aliphatic rings. The molecule has 0 amide bonds. The molecule has 1 saturated heterocycles. The number of nitro groups is 1. The lowest BCUT2D eigenvalue weighted by atomic mass is 9.92. The van der Waals surface area contributed by atoms with Crippen molar-refractivity contribution in [1.82, 2.24) is 9.97 Å². The van der Waals surface area contributed by atoms with Crippen LogP contribution in [0.1, 0.15) is 33.6 Å². The van der Waals surface area contributed by atoms with Crippen LogP contribution >= 0.6 is 0 Å². The average molecular weight is 279 g/mol. The molecule has 0 saturated carbocycles. The van der Waals surface area contributed by atoms with E-state index in [-0.39, 0.29) is 11.7 Å². The summed E-state index contributed by atoms with van der Waals surface area (Å²) in [7, 11) is 0. The van der Waals surface area contributed by atoms with E-state index < -0.39 is 4.92 Å². The molecular formula is C13H21N5O2. The first-order chi connectivity index (χ1) is 9.54. The maximum absolute atomic E-state index is 11.2. The zero-order chi connectivity index (χ0) is 14.7. The molecule has 1 aliphatic heterocycles. The highest BCUT2D eigenvalue weighted by molar-refractivity contribution is 5.59. The lowest BCUT2D eigenvalue weighted by Crippen LogP contribution is -2.43. The molecule has 7 nitrogen and oxygen atoms in total. The monoisotopic (exact) mass is 279 g/mol. The van der Waals surface area contributed by atoms with Gasteiger partial charge in [-0.3, -0.25) is 10.1 Å². The summed E-state index contributed by atoms with van der Waals surface area (Å²) in [5.74, 6) is 1.37. The van der Waals surface area contributed by atoms with Crippen LogP contribution in [0.3, 0.4) is 0 Å². The number of nitrogens with zero attached hydrogens (tertiary/aromatic N) is 4. The number of hydrogen-bond acceptors (Lipinski definition) is 6. The van der Waals surface area contributed by atoms with Gasteiger partial charge in [-0.2, -0.15) is 4.98 Å². The van der Waals surface area contributed by atoms with Crippen molar-refractivity contribution in [3.05, 3.63) is 16.3 Å². The lowest BCUT2D eigenvalue weighted by Gasteiger charge is -2.38. The fourth-order valence-electron chi connectivity index (χ4n) is 2.58. The van der Waals surface area contributed by atoms with Gasteiger partial charge in [0.2, 0.25) is 11.8 Å². The smallest absolute Gasteiger partial charge is 0.329 e. The van der Waals surface area contributed by atoms with Gasteiger partial charge in [-0.05, 0) is 32.6 Å². The lowest BCUT2D eigenvalue weighted by molar-refractivity contribution is -0.384. The number of hydrogen-bond donors (Lipinski definition) is 1. The predicted octanol–water partition coefficient (Wildman–Crippen LogP) is 2.44. The second-order valence-electron chi connectivity index (χ2n) is 5.24. The van der Waals surface area contributed by atoms with E-state index >= 15 is 0 Å². The van der Waals surface area contributed by atoms with E-state index in [0.29, 0.717) is 24.2 Å². The van der Waals surface area contributed by atoms with Crippen molar-refractivity contribution >= 4 is 17.5 Å². The normalized spacial score (nSPS) is 22.6. The molecule has 0 aliphatic carbocycles.